The van der Waals surface area contributed by atoms with E-state index in [0.717, 1.165) is 5.56 Å². The molecule has 16 heavy (non-hydrogen) atoms. The van der Waals surface area contributed by atoms with E-state index in [-0.39, 0.29) is 16.6 Å². The van der Waals surface area contributed by atoms with Crippen molar-refractivity contribution < 1.29 is 17.5 Å². The lowest BCUT2D eigenvalue weighted by Gasteiger charge is -2.08. The van der Waals surface area contributed by atoms with Crippen LogP contribution in [0.4, 0.5) is 0 Å². The van der Waals surface area contributed by atoms with Crippen molar-refractivity contribution in [1.29, 1.82) is 0 Å². The first-order valence-electron chi connectivity index (χ1n) is 4.15. The highest BCUT2D eigenvalue weighted by Gasteiger charge is 2.22. The number of hydrogen-bond acceptors (Lipinski definition) is 3. The molecule has 0 saturated carbocycles. The van der Waals surface area contributed by atoms with E-state index in [0.29, 0.717) is 0 Å². The van der Waals surface area contributed by atoms with Crippen LogP contribution in [0.3, 0.4) is 0 Å². The highest BCUT2D eigenvalue weighted by molar-refractivity contribution is 8.08. The molecule has 0 aliphatic carbocycles. The first kappa shape index (κ1) is 14.0. The fraction of sp³-hybridized carbons (Fsp3) is 0.250. The fourth-order valence-corrected chi connectivity index (χ4v) is 3.52. The smallest absolute Gasteiger partial charge is 0.289 e. The highest BCUT2D eigenvalue weighted by Crippen LogP contribution is 2.59. The lowest BCUT2D eigenvalue weighted by Crippen LogP contribution is -2.03. The van der Waals surface area contributed by atoms with Crippen molar-refractivity contribution in [2.45, 2.75) is 18.0 Å². The minimum absolute atomic E-state index is 0.149. The van der Waals surface area contributed by atoms with E-state index in [1.807, 2.05) is 0 Å². The largest absolute Gasteiger partial charge is 0.294 e. The third-order valence-corrected chi connectivity index (χ3v) is 4.23. The molecule has 1 rings (SSSR count). The van der Waals surface area contributed by atoms with Crippen molar-refractivity contribution in [3.8, 4) is 0 Å². The van der Waals surface area contributed by atoms with E-state index in [2.05, 4.69) is 0 Å². The van der Waals surface area contributed by atoms with Gasteiger partial charge < -0.3 is 0 Å². The van der Waals surface area contributed by atoms with Crippen LogP contribution in [0.1, 0.15) is 11.1 Å². The van der Waals surface area contributed by atoms with Crippen LogP contribution in [0.2, 0.25) is 0 Å². The van der Waals surface area contributed by atoms with E-state index in [1.54, 1.807) is 6.92 Å². The minimum atomic E-state index is -4.36. The summed E-state index contributed by atoms with van der Waals surface area (Å²) in [5, 5.41) is 0. The summed E-state index contributed by atoms with van der Waals surface area (Å²) in [6.07, 6.45) is -0.299. The van der Waals surface area contributed by atoms with Crippen LogP contribution in [0.5, 0.6) is 0 Å². The van der Waals surface area contributed by atoms with Gasteiger partial charge in [0.25, 0.3) is 16.0 Å². The topological polar surface area (TPSA) is 71.4 Å². The molecule has 0 amide bonds. The third kappa shape index (κ3) is 4.07. The van der Waals surface area contributed by atoms with Crippen molar-refractivity contribution in [1.82, 2.24) is 0 Å². The summed E-state index contributed by atoms with van der Waals surface area (Å²) < 4.78 is 42.2. The summed E-state index contributed by atoms with van der Waals surface area (Å²) in [5.41, 5.74) is 0.903. The Morgan fingerprint density at radius 3 is 2.38 bits per heavy atom. The summed E-state index contributed by atoms with van der Waals surface area (Å²) >= 11 is 10.8. The van der Waals surface area contributed by atoms with Gasteiger partial charge in [0.1, 0.15) is 0 Å². The van der Waals surface area contributed by atoms with E-state index in [9.17, 15) is 13.0 Å². The van der Waals surface area contributed by atoms with Gasteiger partial charge in [-0.1, -0.05) is 17.7 Å². The van der Waals surface area contributed by atoms with Gasteiger partial charge in [-0.15, -0.1) is 0 Å². The van der Waals surface area contributed by atoms with E-state index in [4.69, 9.17) is 27.0 Å². The molecule has 0 saturated heterocycles. The molecule has 0 aliphatic rings. The number of rotatable bonds is 3. The van der Waals surface area contributed by atoms with Gasteiger partial charge in [-0.25, -0.2) is 0 Å². The maximum atomic E-state index is 11.2. The number of hydrogen-bond donors (Lipinski definition) is 1. The van der Waals surface area contributed by atoms with Crippen LogP contribution < -0.4 is 0 Å². The standard InChI is InChI=1S/C8H9Cl2O4PS/c1-6-2-3-8(16(12,13)14)7(4-6)5-15(9,10)11/h2-4H,5H2,1H3,(H,12,13,14). The molecule has 0 aliphatic heterocycles. The molecular formula is C8H9Cl2O4PS. The van der Waals surface area contributed by atoms with Crippen LogP contribution in [0, 0.1) is 6.92 Å². The lowest BCUT2D eigenvalue weighted by molar-refractivity contribution is 0.482. The summed E-state index contributed by atoms with van der Waals surface area (Å²) in [6, 6.07) is 4.21. The summed E-state index contributed by atoms with van der Waals surface area (Å²) in [7, 11) is -4.36. The second kappa shape index (κ2) is 4.67. The molecule has 1 aromatic carbocycles. The Bertz CT molecular complexity index is 549. The van der Waals surface area contributed by atoms with Crippen molar-refractivity contribution in [2.75, 3.05) is 0 Å². The number of aryl methyl sites for hydroxylation is 1. The Hall–Kier alpha value is -0.0600. The van der Waals surface area contributed by atoms with Gasteiger partial charge in [0.05, 0.1) is 11.1 Å². The first-order chi connectivity index (χ1) is 7.09. The Balaban J connectivity index is 3.36. The zero-order valence-corrected chi connectivity index (χ0v) is 11.4. The fourth-order valence-electron chi connectivity index (χ4n) is 1.28. The predicted molar refractivity (Wildman–Crippen MR) is 64.0 cm³/mol. The molecule has 8 heteroatoms. The highest BCUT2D eigenvalue weighted by atomic mass is 35.9. The average Bonchev–Trinajstić information content (AvgIpc) is 1.97. The van der Waals surface area contributed by atoms with Crippen LogP contribution in [0.25, 0.3) is 0 Å². The van der Waals surface area contributed by atoms with Gasteiger partial charge in [0.2, 0.25) is 0 Å². The van der Waals surface area contributed by atoms with Gasteiger partial charge in [-0.3, -0.25) is 9.12 Å². The number of benzene rings is 1. The monoisotopic (exact) mass is 302 g/mol. The second-order valence-electron chi connectivity index (χ2n) is 3.31. The van der Waals surface area contributed by atoms with Gasteiger partial charge >= 0.3 is 0 Å². The Morgan fingerprint density at radius 2 is 1.94 bits per heavy atom. The Kier molecular flexibility index (Phi) is 4.08. The Morgan fingerprint density at radius 1 is 1.38 bits per heavy atom. The molecular weight excluding hydrogens is 294 g/mol. The van der Waals surface area contributed by atoms with Crippen LogP contribution in [-0.4, -0.2) is 13.0 Å². The van der Waals surface area contributed by atoms with Crippen LogP contribution >= 0.6 is 28.3 Å². The predicted octanol–water partition coefficient (Wildman–Crippen LogP) is 3.41. The molecule has 0 unspecified atom stereocenters. The van der Waals surface area contributed by atoms with Crippen molar-refractivity contribution in [3.05, 3.63) is 29.3 Å². The molecule has 0 heterocycles. The first-order valence-corrected chi connectivity index (χ1v) is 9.29. The van der Waals surface area contributed by atoms with E-state index in [1.165, 1.54) is 18.2 Å². The van der Waals surface area contributed by atoms with Crippen LogP contribution in [-0.2, 0) is 20.8 Å². The molecule has 0 aromatic heterocycles. The normalized spacial score (nSPS) is 12.8. The maximum Gasteiger partial charge on any atom is 0.294 e. The second-order valence-corrected chi connectivity index (χ2v) is 9.96. The van der Waals surface area contributed by atoms with Gasteiger partial charge in [-0.2, -0.15) is 8.42 Å². The molecule has 0 radical (unpaired) electrons. The van der Waals surface area contributed by atoms with E-state index >= 15 is 0 Å². The SMILES string of the molecule is Cc1ccc(S(=O)(=O)O)c(CP(=O)(Cl)Cl)c1. The van der Waals surface area contributed by atoms with E-state index < -0.39 is 16.0 Å². The quantitative estimate of drug-likeness (QED) is 0.686. The number of halogens is 2. The Labute approximate surface area is 103 Å². The average molecular weight is 303 g/mol. The van der Waals surface area contributed by atoms with Gasteiger partial charge in [0, 0.05) is 0 Å². The van der Waals surface area contributed by atoms with Crippen molar-refractivity contribution in [3.63, 3.8) is 0 Å². The maximum absolute atomic E-state index is 11.2. The molecule has 0 atom stereocenters. The van der Waals surface area contributed by atoms with Crippen LogP contribution in [0.15, 0.2) is 23.1 Å². The molecule has 0 spiro atoms. The molecule has 1 aromatic rings. The van der Waals surface area contributed by atoms with Crippen molar-refractivity contribution >= 4 is 38.4 Å². The molecule has 90 valence electrons. The molecule has 1 N–H and O–H groups in total. The zero-order valence-electron chi connectivity index (χ0n) is 8.22. The molecule has 4 nitrogen and oxygen atoms in total. The van der Waals surface area contributed by atoms with Gasteiger partial charge in [-0.05, 0) is 41.0 Å². The zero-order chi connectivity index (χ0) is 12.6. The summed E-state index contributed by atoms with van der Waals surface area (Å²) in [5.74, 6) is -3.44. The summed E-state index contributed by atoms with van der Waals surface area (Å²) in [6.45, 7) is 1.73. The van der Waals surface area contributed by atoms with Crippen molar-refractivity contribution in [2.24, 2.45) is 0 Å². The third-order valence-electron chi connectivity index (χ3n) is 1.85. The molecule has 0 bridgehead atoms. The van der Waals surface area contributed by atoms with Gasteiger partial charge in [0.15, 0.2) is 0 Å². The lowest BCUT2D eigenvalue weighted by atomic mass is 10.2. The molecule has 0 fully saturated rings. The minimum Gasteiger partial charge on any atom is -0.289 e. The summed E-state index contributed by atoms with van der Waals surface area (Å²) in [4.78, 5) is -0.320.